The van der Waals surface area contributed by atoms with E-state index in [1.807, 2.05) is 29.6 Å². The van der Waals surface area contributed by atoms with Crippen LogP contribution in [0.25, 0.3) is 21.3 Å². The molecule has 0 atom stereocenters. The summed E-state index contributed by atoms with van der Waals surface area (Å²) in [6, 6.07) is 7.51. The molecule has 3 rings (SSSR count). The Kier molecular flexibility index (Phi) is 6.34. The van der Waals surface area contributed by atoms with Gasteiger partial charge < -0.3 is 9.88 Å². The second-order valence-electron chi connectivity index (χ2n) is 5.55. The maximum absolute atomic E-state index is 12.7. The lowest BCUT2D eigenvalue weighted by Crippen LogP contribution is -2.26. The van der Waals surface area contributed by atoms with Crippen LogP contribution in [0, 0.1) is 0 Å². The Morgan fingerprint density at radius 2 is 2.04 bits per heavy atom. The number of aromatic amines is 1. The molecule has 4 nitrogen and oxygen atoms in total. The number of rotatable bonds is 5. The Labute approximate surface area is 170 Å². The molecule has 0 spiro atoms. The molecule has 0 aliphatic rings. The summed E-state index contributed by atoms with van der Waals surface area (Å²) >= 11 is 14.7. The molecule has 0 aliphatic carbocycles. The Bertz CT molecular complexity index is 995. The summed E-state index contributed by atoms with van der Waals surface area (Å²) in [4.78, 5) is 23.0. The fourth-order valence-electron chi connectivity index (χ4n) is 2.64. The molecule has 1 N–H and O–H groups in total. The van der Waals surface area contributed by atoms with E-state index < -0.39 is 0 Å². The van der Waals surface area contributed by atoms with Crippen molar-refractivity contribution in [3.8, 4) is 11.1 Å². The van der Waals surface area contributed by atoms with Crippen LogP contribution in [0.4, 0.5) is 0 Å². The third kappa shape index (κ3) is 3.96. The topological polar surface area (TPSA) is 49.0 Å². The second-order valence-corrected chi connectivity index (χ2v) is 8.42. The maximum Gasteiger partial charge on any atom is 0.260 e. The van der Waals surface area contributed by atoms with Crippen LogP contribution >= 0.6 is 46.9 Å². The van der Waals surface area contributed by atoms with E-state index in [2.05, 4.69) is 28.7 Å². The minimum Gasteiger partial charge on any atom is -0.358 e. The molecule has 0 saturated carbocycles. The lowest BCUT2D eigenvalue weighted by atomic mass is 10.1. The normalized spacial score (nSPS) is 11.0. The first kappa shape index (κ1) is 19.4. The highest BCUT2D eigenvalue weighted by molar-refractivity contribution is 8.22. The minimum absolute atomic E-state index is 0.143. The summed E-state index contributed by atoms with van der Waals surface area (Å²) in [5.74, 6) is 1.18. The Morgan fingerprint density at radius 1 is 1.31 bits per heavy atom. The molecule has 0 radical (unpaired) electrons. The Morgan fingerprint density at radius 3 is 2.73 bits per heavy atom. The van der Waals surface area contributed by atoms with Crippen molar-refractivity contribution < 1.29 is 0 Å². The molecule has 2 heterocycles. The van der Waals surface area contributed by atoms with Crippen molar-refractivity contribution in [2.75, 3.05) is 13.1 Å². The highest BCUT2D eigenvalue weighted by atomic mass is 35.5. The monoisotopic (exact) mass is 423 g/mol. The molecule has 0 amide bonds. The largest absolute Gasteiger partial charge is 0.358 e. The zero-order valence-corrected chi connectivity index (χ0v) is 17.6. The number of fused-ring (bicyclic) bond motifs is 1. The van der Waals surface area contributed by atoms with Gasteiger partial charge in [0.25, 0.3) is 5.56 Å². The SMILES string of the molecule is CCN(CC)C(=S)SCc1nc2scc(-c3ccccc3Cl)c2c(=O)[nH]1. The molecule has 0 unspecified atom stereocenters. The fourth-order valence-corrected chi connectivity index (χ4v) is 5.11. The number of aromatic nitrogens is 2. The van der Waals surface area contributed by atoms with Gasteiger partial charge >= 0.3 is 0 Å². The summed E-state index contributed by atoms with van der Waals surface area (Å²) < 4.78 is 0.820. The lowest BCUT2D eigenvalue weighted by Gasteiger charge is -2.20. The number of thiocarbonyl (C=S) groups is 1. The highest BCUT2D eigenvalue weighted by Gasteiger charge is 2.15. The van der Waals surface area contributed by atoms with Crippen LogP contribution in [0.3, 0.4) is 0 Å². The molecule has 136 valence electrons. The third-order valence-electron chi connectivity index (χ3n) is 4.01. The molecule has 1 aromatic carbocycles. The van der Waals surface area contributed by atoms with Crippen LogP contribution in [-0.2, 0) is 5.75 Å². The van der Waals surface area contributed by atoms with Crippen molar-refractivity contribution in [3.05, 3.63) is 50.8 Å². The lowest BCUT2D eigenvalue weighted by molar-refractivity contribution is 0.482. The van der Waals surface area contributed by atoms with Gasteiger partial charge in [0.05, 0.1) is 11.1 Å². The second kappa shape index (κ2) is 8.52. The van der Waals surface area contributed by atoms with E-state index >= 15 is 0 Å². The third-order valence-corrected chi connectivity index (χ3v) is 6.75. The van der Waals surface area contributed by atoms with Gasteiger partial charge in [0.2, 0.25) is 0 Å². The summed E-state index contributed by atoms with van der Waals surface area (Å²) in [5.41, 5.74) is 1.52. The van der Waals surface area contributed by atoms with Gasteiger partial charge in [-0.1, -0.05) is 53.8 Å². The minimum atomic E-state index is -0.143. The number of thioether (sulfide) groups is 1. The van der Waals surface area contributed by atoms with Gasteiger partial charge in [0.1, 0.15) is 15.0 Å². The average molecular weight is 424 g/mol. The molecule has 2 aromatic heterocycles. The Balaban J connectivity index is 1.90. The van der Waals surface area contributed by atoms with E-state index in [0.717, 1.165) is 28.5 Å². The molecular weight excluding hydrogens is 406 g/mol. The average Bonchev–Trinajstić information content (AvgIpc) is 3.06. The maximum atomic E-state index is 12.7. The zero-order valence-electron chi connectivity index (χ0n) is 14.4. The van der Waals surface area contributed by atoms with Crippen LogP contribution in [-0.4, -0.2) is 32.3 Å². The summed E-state index contributed by atoms with van der Waals surface area (Å²) in [7, 11) is 0. The predicted octanol–water partition coefficient (Wildman–Crippen LogP) is 5.16. The van der Waals surface area contributed by atoms with Gasteiger partial charge in [-0.2, -0.15) is 0 Å². The van der Waals surface area contributed by atoms with E-state index in [1.165, 1.54) is 23.1 Å². The van der Waals surface area contributed by atoms with Gasteiger partial charge in [-0.05, 0) is 19.9 Å². The molecule has 0 aliphatic heterocycles. The van der Waals surface area contributed by atoms with Crippen LogP contribution in [0.1, 0.15) is 19.7 Å². The van der Waals surface area contributed by atoms with E-state index in [4.69, 9.17) is 23.8 Å². The first-order chi connectivity index (χ1) is 12.5. The zero-order chi connectivity index (χ0) is 18.7. The van der Waals surface area contributed by atoms with E-state index in [1.54, 1.807) is 0 Å². The molecular formula is C18H18ClN3OS3. The van der Waals surface area contributed by atoms with Crippen molar-refractivity contribution in [2.45, 2.75) is 19.6 Å². The number of thiophene rings is 1. The fraction of sp³-hybridized carbons (Fsp3) is 0.278. The summed E-state index contributed by atoms with van der Waals surface area (Å²) in [6.45, 7) is 5.89. The van der Waals surface area contributed by atoms with Crippen molar-refractivity contribution in [1.29, 1.82) is 0 Å². The van der Waals surface area contributed by atoms with Crippen molar-refractivity contribution in [3.63, 3.8) is 0 Å². The van der Waals surface area contributed by atoms with Crippen molar-refractivity contribution in [1.82, 2.24) is 14.9 Å². The number of hydrogen-bond acceptors (Lipinski definition) is 5. The van der Waals surface area contributed by atoms with Crippen molar-refractivity contribution in [2.24, 2.45) is 0 Å². The van der Waals surface area contributed by atoms with E-state index in [9.17, 15) is 4.79 Å². The van der Waals surface area contributed by atoms with Crippen LogP contribution in [0.15, 0.2) is 34.4 Å². The molecule has 0 fully saturated rings. The van der Waals surface area contributed by atoms with Gasteiger partial charge in [-0.15, -0.1) is 11.3 Å². The van der Waals surface area contributed by atoms with Crippen LogP contribution in [0.2, 0.25) is 5.02 Å². The number of H-pyrrole nitrogens is 1. The molecule has 0 bridgehead atoms. The van der Waals surface area contributed by atoms with Crippen LogP contribution in [0.5, 0.6) is 0 Å². The molecule has 0 saturated heterocycles. The van der Waals surface area contributed by atoms with Gasteiger partial charge in [-0.25, -0.2) is 4.98 Å². The number of nitrogens with zero attached hydrogens (tertiary/aromatic N) is 2. The smallest absolute Gasteiger partial charge is 0.260 e. The van der Waals surface area contributed by atoms with E-state index in [-0.39, 0.29) is 5.56 Å². The van der Waals surface area contributed by atoms with Gasteiger partial charge in [-0.3, -0.25) is 4.79 Å². The van der Waals surface area contributed by atoms with Gasteiger partial charge in [0, 0.05) is 34.6 Å². The quantitative estimate of drug-likeness (QED) is 0.574. The summed E-state index contributed by atoms with van der Waals surface area (Å²) in [6.07, 6.45) is 0. The number of halogens is 1. The standard InChI is InChI=1S/C18H18ClN3OS3/c1-3-22(4-2)18(24)26-10-14-20-16(23)15-12(9-25-17(15)21-14)11-7-5-6-8-13(11)19/h5-9H,3-4,10H2,1-2H3,(H,20,21,23). The number of benzene rings is 1. The number of nitrogens with one attached hydrogen (secondary N) is 1. The van der Waals surface area contributed by atoms with E-state index in [0.29, 0.717) is 26.8 Å². The molecule has 26 heavy (non-hydrogen) atoms. The highest BCUT2D eigenvalue weighted by Crippen LogP contribution is 2.35. The molecule has 3 aromatic rings. The molecule has 8 heteroatoms. The summed E-state index contributed by atoms with van der Waals surface area (Å²) in [5, 5.41) is 3.14. The predicted molar refractivity (Wildman–Crippen MR) is 118 cm³/mol. The van der Waals surface area contributed by atoms with Crippen LogP contribution < -0.4 is 5.56 Å². The van der Waals surface area contributed by atoms with Gasteiger partial charge in [0.15, 0.2) is 0 Å². The first-order valence-electron chi connectivity index (χ1n) is 8.22. The number of hydrogen-bond donors (Lipinski definition) is 1. The Hall–Kier alpha value is -1.41. The first-order valence-corrected chi connectivity index (χ1v) is 10.9. The van der Waals surface area contributed by atoms with Crippen molar-refractivity contribution >= 4 is 61.5 Å².